The first-order valence-electron chi connectivity index (χ1n) is 4.90. The van der Waals surface area contributed by atoms with Gasteiger partial charge in [-0.1, -0.05) is 15.9 Å². The number of carboxylic acid groups (broad SMARTS) is 1. The highest BCUT2D eigenvalue weighted by molar-refractivity contribution is 9.10. The van der Waals surface area contributed by atoms with Crippen molar-refractivity contribution < 1.29 is 9.90 Å². The third-order valence-electron chi connectivity index (χ3n) is 2.00. The van der Waals surface area contributed by atoms with Gasteiger partial charge < -0.3 is 10.4 Å². The zero-order valence-electron chi connectivity index (χ0n) is 9.00. The topological polar surface area (TPSA) is 49.3 Å². The molecule has 0 amide bonds. The molecule has 1 rings (SSSR count). The number of carboxylic acids is 1. The second kappa shape index (κ2) is 6.81. The molecule has 0 aliphatic heterocycles. The third-order valence-corrected chi connectivity index (χ3v) is 3.15. The van der Waals surface area contributed by atoms with Crippen LogP contribution >= 0.6 is 27.7 Å². The van der Waals surface area contributed by atoms with Gasteiger partial charge in [0.05, 0.1) is 5.56 Å². The van der Waals surface area contributed by atoms with E-state index in [1.165, 1.54) is 0 Å². The predicted molar refractivity (Wildman–Crippen MR) is 72.6 cm³/mol. The second-order valence-electron chi connectivity index (χ2n) is 3.31. The summed E-state index contributed by atoms with van der Waals surface area (Å²) in [5, 5.41) is 12.1. The van der Waals surface area contributed by atoms with Crippen molar-refractivity contribution in [3.8, 4) is 0 Å². The van der Waals surface area contributed by atoms with Crippen LogP contribution in [-0.4, -0.2) is 29.6 Å². The Morgan fingerprint density at radius 2 is 2.25 bits per heavy atom. The van der Waals surface area contributed by atoms with Gasteiger partial charge in [-0.2, -0.15) is 11.8 Å². The van der Waals surface area contributed by atoms with E-state index < -0.39 is 5.97 Å². The first kappa shape index (κ1) is 13.4. The van der Waals surface area contributed by atoms with E-state index in [1.54, 1.807) is 23.9 Å². The molecule has 5 heteroatoms. The number of benzene rings is 1. The van der Waals surface area contributed by atoms with E-state index in [2.05, 4.69) is 27.5 Å². The summed E-state index contributed by atoms with van der Waals surface area (Å²) in [4.78, 5) is 10.8. The molecule has 0 aliphatic carbocycles. The molecule has 0 atom stereocenters. The number of thioether (sulfide) groups is 1. The minimum absolute atomic E-state index is 0.293. The number of carbonyl (C=O) groups is 1. The summed E-state index contributed by atoms with van der Waals surface area (Å²) < 4.78 is 0.778. The second-order valence-corrected chi connectivity index (χ2v) is 5.21. The monoisotopic (exact) mass is 303 g/mol. The standard InChI is InChI=1S/C11H14BrNO2S/c1-16-4-2-3-13-10-6-8(11(14)15)5-9(12)7-10/h5-7,13H,2-4H2,1H3,(H,14,15). The van der Waals surface area contributed by atoms with E-state index >= 15 is 0 Å². The van der Waals surface area contributed by atoms with Gasteiger partial charge in [0.2, 0.25) is 0 Å². The molecule has 0 heterocycles. The fourth-order valence-corrected chi connectivity index (χ4v) is 2.19. The number of hydrogen-bond donors (Lipinski definition) is 2. The average molecular weight is 304 g/mol. The van der Waals surface area contributed by atoms with Crippen molar-refractivity contribution in [2.24, 2.45) is 0 Å². The van der Waals surface area contributed by atoms with Crippen LogP contribution in [0.2, 0.25) is 0 Å². The van der Waals surface area contributed by atoms with Crippen molar-refractivity contribution in [1.29, 1.82) is 0 Å². The molecule has 88 valence electrons. The Labute approximate surface area is 108 Å². The highest BCUT2D eigenvalue weighted by Crippen LogP contribution is 2.19. The van der Waals surface area contributed by atoms with Crippen LogP contribution < -0.4 is 5.32 Å². The van der Waals surface area contributed by atoms with Crippen LogP contribution in [0.1, 0.15) is 16.8 Å². The summed E-state index contributed by atoms with van der Waals surface area (Å²) in [5.74, 6) is 0.195. The molecule has 0 saturated heterocycles. The molecule has 0 aliphatic rings. The van der Waals surface area contributed by atoms with Gasteiger partial charge >= 0.3 is 5.97 Å². The zero-order chi connectivity index (χ0) is 12.0. The maximum Gasteiger partial charge on any atom is 0.335 e. The Morgan fingerprint density at radius 3 is 2.88 bits per heavy atom. The lowest BCUT2D eigenvalue weighted by Crippen LogP contribution is -2.04. The minimum Gasteiger partial charge on any atom is -0.478 e. The number of nitrogens with one attached hydrogen (secondary N) is 1. The van der Waals surface area contributed by atoms with Crippen LogP contribution in [0, 0.1) is 0 Å². The smallest absolute Gasteiger partial charge is 0.335 e. The lowest BCUT2D eigenvalue weighted by Gasteiger charge is -2.07. The van der Waals surface area contributed by atoms with Crippen molar-refractivity contribution in [3.63, 3.8) is 0 Å². The summed E-state index contributed by atoms with van der Waals surface area (Å²) >= 11 is 5.10. The molecule has 0 radical (unpaired) electrons. The van der Waals surface area contributed by atoms with Gasteiger partial charge in [-0.25, -0.2) is 4.79 Å². The Hall–Kier alpha value is -0.680. The third kappa shape index (κ3) is 4.45. The Bertz CT molecular complexity index is 371. The van der Waals surface area contributed by atoms with Crippen molar-refractivity contribution in [2.75, 3.05) is 23.9 Å². The molecular formula is C11H14BrNO2S. The first-order chi connectivity index (χ1) is 7.63. The average Bonchev–Trinajstić information content (AvgIpc) is 2.23. The fraction of sp³-hybridized carbons (Fsp3) is 0.364. The van der Waals surface area contributed by atoms with Gasteiger partial charge in [-0.05, 0) is 36.6 Å². The van der Waals surface area contributed by atoms with E-state index in [1.807, 2.05) is 6.07 Å². The fourth-order valence-electron chi connectivity index (χ4n) is 1.26. The van der Waals surface area contributed by atoms with Gasteiger partial charge in [-0.15, -0.1) is 0 Å². The van der Waals surface area contributed by atoms with Crippen molar-refractivity contribution in [2.45, 2.75) is 6.42 Å². The number of halogens is 1. The SMILES string of the molecule is CSCCCNc1cc(Br)cc(C(=O)O)c1. The van der Waals surface area contributed by atoms with Crippen LogP contribution in [-0.2, 0) is 0 Å². The number of rotatable bonds is 6. The molecule has 2 N–H and O–H groups in total. The number of aromatic carboxylic acids is 1. The van der Waals surface area contributed by atoms with E-state index in [-0.39, 0.29) is 0 Å². The summed E-state index contributed by atoms with van der Waals surface area (Å²) in [5.41, 5.74) is 1.13. The van der Waals surface area contributed by atoms with Crippen LogP contribution in [0.3, 0.4) is 0 Å². The summed E-state index contributed by atoms with van der Waals surface area (Å²) in [7, 11) is 0. The normalized spacial score (nSPS) is 10.1. The highest BCUT2D eigenvalue weighted by atomic mass is 79.9. The summed E-state index contributed by atoms with van der Waals surface area (Å²) in [6.07, 6.45) is 3.14. The predicted octanol–water partition coefficient (Wildman–Crippen LogP) is 3.31. The van der Waals surface area contributed by atoms with Gasteiger partial charge in [-0.3, -0.25) is 0 Å². The molecule has 1 aromatic carbocycles. The van der Waals surface area contributed by atoms with E-state index in [0.717, 1.165) is 28.9 Å². The maximum absolute atomic E-state index is 10.8. The summed E-state index contributed by atoms with van der Waals surface area (Å²) in [6.45, 7) is 0.857. The number of anilines is 1. The lowest BCUT2D eigenvalue weighted by molar-refractivity contribution is 0.0697. The van der Waals surface area contributed by atoms with E-state index in [4.69, 9.17) is 5.11 Å². The number of hydrogen-bond acceptors (Lipinski definition) is 3. The quantitative estimate of drug-likeness (QED) is 0.792. The lowest BCUT2D eigenvalue weighted by atomic mass is 10.2. The Morgan fingerprint density at radius 1 is 1.50 bits per heavy atom. The minimum atomic E-state index is -0.909. The Kier molecular flexibility index (Phi) is 5.69. The van der Waals surface area contributed by atoms with Gasteiger partial charge in [0.1, 0.15) is 0 Å². The molecular weight excluding hydrogens is 290 g/mol. The molecule has 0 aromatic heterocycles. The zero-order valence-corrected chi connectivity index (χ0v) is 11.4. The molecule has 0 saturated carbocycles. The molecule has 1 aromatic rings. The van der Waals surface area contributed by atoms with Crippen molar-refractivity contribution in [1.82, 2.24) is 0 Å². The molecule has 0 fully saturated rings. The van der Waals surface area contributed by atoms with Crippen LogP contribution in [0.5, 0.6) is 0 Å². The van der Waals surface area contributed by atoms with Gasteiger partial charge in [0.25, 0.3) is 0 Å². The summed E-state index contributed by atoms with van der Waals surface area (Å²) in [6, 6.07) is 5.12. The van der Waals surface area contributed by atoms with Crippen LogP contribution in [0.15, 0.2) is 22.7 Å². The van der Waals surface area contributed by atoms with E-state index in [9.17, 15) is 4.79 Å². The van der Waals surface area contributed by atoms with Crippen molar-refractivity contribution >= 4 is 39.3 Å². The van der Waals surface area contributed by atoms with Crippen LogP contribution in [0.25, 0.3) is 0 Å². The van der Waals surface area contributed by atoms with Gasteiger partial charge in [0.15, 0.2) is 0 Å². The highest BCUT2D eigenvalue weighted by Gasteiger charge is 2.05. The van der Waals surface area contributed by atoms with Gasteiger partial charge in [0, 0.05) is 16.7 Å². The molecule has 0 spiro atoms. The van der Waals surface area contributed by atoms with E-state index in [0.29, 0.717) is 5.56 Å². The first-order valence-corrected chi connectivity index (χ1v) is 7.09. The van der Waals surface area contributed by atoms with Crippen molar-refractivity contribution in [3.05, 3.63) is 28.2 Å². The largest absolute Gasteiger partial charge is 0.478 e. The van der Waals surface area contributed by atoms with Crippen LogP contribution in [0.4, 0.5) is 5.69 Å². The molecule has 3 nitrogen and oxygen atoms in total. The maximum atomic E-state index is 10.8. The molecule has 0 bridgehead atoms. The molecule has 16 heavy (non-hydrogen) atoms. The molecule has 0 unspecified atom stereocenters. The Balaban J connectivity index is 2.62.